The predicted molar refractivity (Wildman–Crippen MR) is 135 cm³/mol. The molecule has 1 saturated heterocycles. The van der Waals surface area contributed by atoms with Crippen LogP contribution in [-0.2, 0) is 20.1 Å². The maximum Gasteiger partial charge on any atom is 0.494 e. The fourth-order valence-electron chi connectivity index (χ4n) is 3.55. The molecule has 1 aliphatic heterocycles. The first-order valence-electron chi connectivity index (χ1n) is 11.4. The summed E-state index contributed by atoms with van der Waals surface area (Å²) in [7, 11) is -0.319. The highest BCUT2D eigenvalue weighted by atomic mass is 16.7. The van der Waals surface area contributed by atoms with Crippen LogP contribution in [0.25, 0.3) is 12.2 Å². The van der Waals surface area contributed by atoms with Crippen LogP contribution in [0.1, 0.15) is 91.5 Å². The lowest BCUT2D eigenvalue weighted by atomic mass is 9.78. The van der Waals surface area contributed by atoms with Crippen LogP contribution in [0.5, 0.6) is 0 Å². The molecule has 3 heteroatoms. The molecule has 3 rings (SSSR count). The molecule has 0 aromatic heterocycles. The van der Waals surface area contributed by atoms with E-state index in [0.29, 0.717) is 0 Å². The number of hydrogen-bond acceptors (Lipinski definition) is 2. The van der Waals surface area contributed by atoms with Crippen molar-refractivity contribution >= 4 is 24.7 Å². The molecule has 0 N–H and O–H groups in total. The lowest BCUT2D eigenvalue weighted by molar-refractivity contribution is 0.00578. The van der Waals surface area contributed by atoms with E-state index in [9.17, 15) is 0 Å². The summed E-state index contributed by atoms with van der Waals surface area (Å²) in [4.78, 5) is 0. The minimum absolute atomic E-state index is 0.119. The molecular formula is C28H39BO2. The van der Waals surface area contributed by atoms with Gasteiger partial charge in [-0.25, -0.2) is 0 Å². The Morgan fingerprint density at radius 3 is 1.48 bits per heavy atom. The highest BCUT2D eigenvalue weighted by Crippen LogP contribution is 2.36. The van der Waals surface area contributed by atoms with Gasteiger partial charge in [0.25, 0.3) is 0 Å². The first-order chi connectivity index (χ1) is 14.1. The van der Waals surface area contributed by atoms with Crippen molar-refractivity contribution in [2.75, 3.05) is 0 Å². The van der Waals surface area contributed by atoms with Gasteiger partial charge in [-0.1, -0.05) is 96.2 Å². The minimum atomic E-state index is -0.320. The van der Waals surface area contributed by atoms with Gasteiger partial charge < -0.3 is 9.31 Å². The first kappa shape index (κ1) is 23.8. The van der Waals surface area contributed by atoms with E-state index in [2.05, 4.69) is 124 Å². The van der Waals surface area contributed by atoms with Crippen LogP contribution in [0.2, 0.25) is 0 Å². The second-order valence-corrected chi connectivity index (χ2v) is 11.9. The molecule has 0 unspecified atom stereocenters. The van der Waals surface area contributed by atoms with Gasteiger partial charge in [0.2, 0.25) is 0 Å². The molecule has 1 fully saturated rings. The largest absolute Gasteiger partial charge is 0.494 e. The van der Waals surface area contributed by atoms with E-state index in [1.165, 1.54) is 22.3 Å². The van der Waals surface area contributed by atoms with Gasteiger partial charge in [0.15, 0.2) is 0 Å². The van der Waals surface area contributed by atoms with E-state index in [1.54, 1.807) is 0 Å². The third-order valence-corrected chi connectivity index (χ3v) is 6.62. The van der Waals surface area contributed by atoms with Gasteiger partial charge in [-0.2, -0.15) is 0 Å². The Balaban J connectivity index is 1.83. The second-order valence-electron chi connectivity index (χ2n) is 11.9. The average molecular weight is 418 g/mol. The Bertz CT molecular complexity index is 906. The molecule has 0 saturated carbocycles. The molecule has 0 atom stereocenters. The van der Waals surface area contributed by atoms with Gasteiger partial charge in [0.05, 0.1) is 11.2 Å². The summed E-state index contributed by atoms with van der Waals surface area (Å²) in [5.74, 6) is 0. The molecule has 166 valence electrons. The van der Waals surface area contributed by atoms with E-state index in [0.717, 1.165) is 5.46 Å². The van der Waals surface area contributed by atoms with Gasteiger partial charge >= 0.3 is 7.12 Å². The maximum absolute atomic E-state index is 6.17. The zero-order valence-electron chi connectivity index (χ0n) is 21.1. The maximum atomic E-state index is 6.17. The van der Waals surface area contributed by atoms with Crippen LogP contribution in [0.4, 0.5) is 0 Å². The molecule has 1 aliphatic rings. The molecule has 2 nitrogen and oxygen atoms in total. The van der Waals surface area contributed by atoms with E-state index in [4.69, 9.17) is 9.31 Å². The smallest absolute Gasteiger partial charge is 0.399 e. The van der Waals surface area contributed by atoms with Gasteiger partial charge in [0.1, 0.15) is 0 Å². The lowest BCUT2D eigenvalue weighted by Gasteiger charge is -2.32. The predicted octanol–water partition coefficient (Wildman–Crippen LogP) is 6.75. The SMILES string of the molecule is CC(C)(C)c1cc(C=Cc2ccc(B3OC(C)(C)C(C)(C)O3)cc2)cc(C(C)(C)C)c1. The van der Waals surface area contributed by atoms with Crippen molar-refractivity contribution in [2.24, 2.45) is 0 Å². The Morgan fingerprint density at radius 1 is 0.645 bits per heavy atom. The number of rotatable bonds is 3. The number of benzene rings is 2. The normalized spacial score (nSPS) is 18.7. The van der Waals surface area contributed by atoms with Gasteiger partial charge in [0, 0.05) is 0 Å². The van der Waals surface area contributed by atoms with Gasteiger partial charge in [-0.15, -0.1) is 0 Å². The van der Waals surface area contributed by atoms with Gasteiger partial charge in [-0.3, -0.25) is 0 Å². The van der Waals surface area contributed by atoms with Crippen molar-refractivity contribution in [2.45, 2.75) is 91.3 Å². The molecule has 31 heavy (non-hydrogen) atoms. The number of hydrogen-bond donors (Lipinski definition) is 0. The quantitative estimate of drug-likeness (QED) is 0.405. The van der Waals surface area contributed by atoms with Crippen molar-refractivity contribution in [3.05, 3.63) is 64.7 Å². The van der Waals surface area contributed by atoms with E-state index in [-0.39, 0.29) is 29.2 Å². The summed E-state index contributed by atoms with van der Waals surface area (Å²) in [6.07, 6.45) is 4.40. The van der Waals surface area contributed by atoms with E-state index >= 15 is 0 Å². The van der Waals surface area contributed by atoms with Crippen molar-refractivity contribution in [3.63, 3.8) is 0 Å². The first-order valence-corrected chi connectivity index (χ1v) is 11.4. The Kier molecular flexibility index (Phi) is 6.10. The summed E-state index contributed by atoms with van der Waals surface area (Å²) in [5, 5.41) is 0. The topological polar surface area (TPSA) is 18.5 Å². The molecule has 0 bridgehead atoms. The molecule has 0 amide bonds. The van der Waals surface area contributed by atoms with Crippen molar-refractivity contribution in [1.29, 1.82) is 0 Å². The fraction of sp³-hybridized carbons (Fsp3) is 0.500. The Morgan fingerprint density at radius 2 is 1.06 bits per heavy atom. The summed E-state index contributed by atoms with van der Waals surface area (Å²) in [6, 6.07) is 15.5. The molecule has 2 aromatic rings. The highest BCUT2D eigenvalue weighted by molar-refractivity contribution is 6.62. The lowest BCUT2D eigenvalue weighted by Crippen LogP contribution is -2.41. The van der Waals surface area contributed by atoms with Crippen LogP contribution in [0.15, 0.2) is 42.5 Å². The molecule has 0 spiro atoms. The Hall–Kier alpha value is -1.84. The monoisotopic (exact) mass is 418 g/mol. The Labute approximate surface area is 190 Å². The van der Waals surface area contributed by atoms with Crippen LogP contribution in [-0.4, -0.2) is 18.3 Å². The van der Waals surface area contributed by atoms with Crippen molar-refractivity contribution < 1.29 is 9.31 Å². The zero-order chi connectivity index (χ0) is 23.2. The average Bonchev–Trinajstić information content (AvgIpc) is 2.86. The molecule has 0 radical (unpaired) electrons. The second kappa shape index (κ2) is 7.94. The molecule has 1 heterocycles. The molecular weight excluding hydrogens is 379 g/mol. The standard InChI is InChI=1S/C28H39BO2/c1-25(2,3)22-17-21(18-23(19-22)26(4,5)6)12-11-20-13-15-24(16-14-20)29-30-27(7,8)28(9,10)31-29/h11-19H,1-10H3. The summed E-state index contributed by atoms with van der Waals surface area (Å²) in [6.45, 7) is 22.0. The van der Waals surface area contributed by atoms with Crippen LogP contribution in [0.3, 0.4) is 0 Å². The van der Waals surface area contributed by atoms with Crippen LogP contribution < -0.4 is 5.46 Å². The van der Waals surface area contributed by atoms with E-state index in [1.807, 2.05) is 0 Å². The van der Waals surface area contributed by atoms with E-state index < -0.39 is 0 Å². The van der Waals surface area contributed by atoms with Crippen molar-refractivity contribution in [1.82, 2.24) is 0 Å². The summed E-state index contributed by atoms with van der Waals surface area (Å²) in [5.41, 5.74) is 5.80. The minimum Gasteiger partial charge on any atom is -0.399 e. The molecule has 2 aromatic carbocycles. The van der Waals surface area contributed by atoms with Crippen molar-refractivity contribution in [3.8, 4) is 0 Å². The third-order valence-electron chi connectivity index (χ3n) is 6.62. The molecule has 0 aliphatic carbocycles. The van der Waals surface area contributed by atoms with Gasteiger partial charge in [-0.05, 0) is 66.2 Å². The third kappa shape index (κ3) is 5.33. The zero-order valence-corrected chi connectivity index (χ0v) is 21.1. The summed E-state index contributed by atoms with van der Waals surface area (Å²) >= 11 is 0. The van der Waals surface area contributed by atoms with Crippen LogP contribution >= 0.6 is 0 Å². The van der Waals surface area contributed by atoms with Crippen LogP contribution in [0, 0.1) is 0 Å². The highest BCUT2D eigenvalue weighted by Gasteiger charge is 2.51. The fourth-order valence-corrected chi connectivity index (χ4v) is 3.55. The summed E-state index contributed by atoms with van der Waals surface area (Å²) < 4.78 is 12.3.